The molecule has 1 aromatic heterocycles. The highest BCUT2D eigenvalue weighted by atomic mass is 35.5. The average Bonchev–Trinajstić information content (AvgIpc) is 3.40. The number of fused-ring (bicyclic) bond motifs is 1. The lowest BCUT2D eigenvalue weighted by Crippen LogP contribution is -2.54. The van der Waals surface area contributed by atoms with Crippen molar-refractivity contribution in [2.24, 2.45) is 0 Å². The minimum Gasteiger partial charge on any atom is -0.368 e. The number of rotatable bonds is 4. The Morgan fingerprint density at radius 1 is 1.31 bits per heavy atom. The van der Waals surface area contributed by atoms with E-state index in [4.69, 9.17) is 16.3 Å². The molecule has 2 N–H and O–H groups in total. The number of benzene rings is 1. The van der Waals surface area contributed by atoms with Crippen LogP contribution in [0.15, 0.2) is 24.3 Å². The average molecular weight is 419 g/mol. The van der Waals surface area contributed by atoms with Gasteiger partial charge in [0.2, 0.25) is 0 Å². The molecule has 2 aromatic rings. The fraction of sp³-hybridized carbons (Fsp3) is 0.524. The van der Waals surface area contributed by atoms with Crippen LogP contribution in [0.4, 0.5) is 4.79 Å². The molecule has 2 fully saturated rings. The lowest BCUT2D eigenvalue weighted by Gasteiger charge is -2.38. The molecule has 8 heteroatoms. The normalized spacial score (nSPS) is 22.1. The summed E-state index contributed by atoms with van der Waals surface area (Å²) in [6, 6.07) is 7.52. The number of hydrogen-bond acceptors (Lipinski definition) is 3. The number of urea groups is 1. The number of carbonyl (C=O) groups is 2. The van der Waals surface area contributed by atoms with Gasteiger partial charge in [-0.1, -0.05) is 11.6 Å². The Bertz CT molecular complexity index is 893. The maximum absolute atomic E-state index is 12.7. The molecule has 4 rings (SSSR count). The Balaban J connectivity index is 1.32. The number of likely N-dealkylation sites (tertiary alicyclic amines) is 1. The Morgan fingerprint density at radius 3 is 2.97 bits per heavy atom. The summed E-state index contributed by atoms with van der Waals surface area (Å²) in [6.45, 7) is 2.37. The van der Waals surface area contributed by atoms with Crippen molar-refractivity contribution in [3.8, 4) is 0 Å². The number of hydrogen-bond donors (Lipinski definition) is 2. The molecular weight excluding hydrogens is 392 g/mol. The lowest BCUT2D eigenvalue weighted by atomic mass is 10.0. The van der Waals surface area contributed by atoms with Crippen LogP contribution in [-0.4, -0.2) is 65.6 Å². The number of halogens is 1. The topological polar surface area (TPSA) is 77.7 Å². The van der Waals surface area contributed by atoms with Gasteiger partial charge in [0.25, 0.3) is 5.91 Å². The van der Waals surface area contributed by atoms with E-state index in [1.54, 1.807) is 11.9 Å². The van der Waals surface area contributed by atoms with Gasteiger partial charge in [0.15, 0.2) is 0 Å². The quantitative estimate of drug-likeness (QED) is 0.800. The molecule has 2 aliphatic rings. The van der Waals surface area contributed by atoms with E-state index in [-0.39, 0.29) is 24.1 Å². The molecular formula is C21H27ClN4O3. The largest absolute Gasteiger partial charge is 0.368 e. The van der Waals surface area contributed by atoms with E-state index in [1.807, 2.05) is 29.2 Å². The molecule has 3 amide bonds. The zero-order valence-electron chi connectivity index (χ0n) is 16.6. The number of aromatic amines is 1. The van der Waals surface area contributed by atoms with E-state index in [2.05, 4.69) is 10.3 Å². The van der Waals surface area contributed by atoms with Crippen LogP contribution in [0, 0.1) is 0 Å². The maximum atomic E-state index is 12.7. The number of nitrogens with zero attached hydrogens (tertiary/aromatic N) is 2. The standard InChI is InChI=1S/C21H27ClN4O3/c1-25(17-4-2-8-26(13-17)20(27)19-5-3-9-29-19)21(28)23-12-16-11-14-10-15(22)6-7-18(14)24-16/h6-7,10-11,17,19,24H,2-5,8-9,12-13H2,1H3,(H,23,28)/t17-,19?/m1/s1. The molecule has 156 valence electrons. The first-order valence-electron chi connectivity index (χ1n) is 10.2. The minimum absolute atomic E-state index is 0.00984. The van der Waals surface area contributed by atoms with Crippen LogP contribution in [0.2, 0.25) is 5.02 Å². The SMILES string of the molecule is CN(C(=O)NCc1cc2cc(Cl)ccc2[nH]1)[C@@H]1CCCN(C(=O)C2CCCO2)C1. The summed E-state index contributed by atoms with van der Waals surface area (Å²) in [7, 11) is 1.80. The number of carbonyl (C=O) groups excluding carboxylic acids is 2. The smallest absolute Gasteiger partial charge is 0.317 e. The molecule has 0 spiro atoms. The van der Waals surface area contributed by atoms with Crippen LogP contribution in [0.3, 0.4) is 0 Å². The molecule has 0 radical (unpaired) electrons. The van der Waals surface area contributed by atoms with Crippen molar-refractivity contribution in [1.82, 2.24) is 20.1 Å². The molecule has 0 aliphatic carbocycles. The molecule has 7 nitrogen and oxygen atoms in total. The molecule has 0 bridgehead atoms. The van der Waals surface area contributed by atoms with Gasteiger partial charge in [-0.3, -0.25) is 4.79 Å². The van der Waals surface area contributed by atoms with Crippen LogP contribution in [0.5, 0.6) is 0 Å². The zero-order chi connectivity index (χ0) is 20.4. The Hall–Kier alpha value is -2.25. The molecule has 2 atom stereocenters. The molecule has 1 aromatic carbocycles. The van der Waals surface area contributed by atoms with Crippen molar-refractivity contribution < 1.29 is 14.3 Å². The number of piperidine rings is 1. The van der Waals surface area contributed by atoms with Gasteiger partial charge in [-0.05, 0) is 49.9 Å². The van der Waals surface area contributed by atoms with Crippen LogP contribution in [-0.2, 0) is 16.1 Å². The van der Waals surface area contributed by atoms with Crippen molar-refractivity contribution in [1.29, 1.82) is 0 Å². The predicted molar refractivity (Wildman–Crippen MR) is 112 cm³/mol. The highest BCUT2D eigenvalue weighted by Gasteiger charge is 2.33. The minimum atomic E-state index is -0.302. The van der Waals surface area contributed by atoms with E-state index in [0.717, 1.165) is 48.8 Å². The number of nitrogens with one attached hydrogen (secondary N) is 2. The zero-order valence-corrected chi connectivity index (χ0v) is 17.4. The van der Waals surface area contributed by atoms with Gasteiger partial charge in [-0.2, -0.15) is 0 Å². The van der Waals surface area contributed by atoms with Crippen molar-refractivity contribution in [3.05, 3.63) is 35.0 Å². The van der Waals surface area contributed by atoms with Gasteiger partial charge in [0, 0.05) is 48.4 Å². The lowest BCUT2D eigenvalue weighted by molar-refractivity contribution is -0.142. The maximum Gasteiger partial charge on any atom is 0.317 e. The van der Waals surface area contributed by atoms with Crippen molar-refractivity contribution in [2.45, 2.75) is 44.4 Å². The third-order valence-electron chi connectivity index (χ3n) is 5.85. The summed E-state index contributed by atoms with van der Waals surface area (Å²) < 4.78 is 5.54. The van der Waals surface area contributed by atoms with E-state index >= 15 is 0 Å². The summed E-state index contributed by atoms with van der Waals surface area (Å²) in [4.78, 5) is 32.2. The summed E-state index contributed by atoms with van der Waals surface area (Å²) in [5, 5.41) is 4.67. The van der Waals surface area contributed by atoms with E-state index < -0.39 is 0 Å². The summed E-state index contributed by atoms with van der Waals surface area (Å²) >= 11 is 6.03. The van der Waals surface area contributed by atoms with Crippen molar-refractivity contribution in [2.75, 3.05) is 26.7 Å². The number of likely N-dealkylation sites (N-methyl/N-ethyl adjacent to an activating group) is 1. The summed E-state index contributed by atoms with van der Waals surface area (Å²) in [5.41, 5.74) is 1.91. The van der Waals surface area contributed by atoms with Crippen molar-refractivity contribution in [3.63, 3.8) is 0 Å². The van der Waals surface area contributed by atoms with Crippen LogP contribution in [0.25, 0.3) is 10.9 Å². The summed E-state index contributed by atoms with van der Waals surface area (Å²) in [5.74, 6) is 0.0674. The first-order valence-corrected chi connectivity index (χ1v) is 10.6. The van der Waals surface area contributed by atoms with Gasteiger partial charge in [0.05, 0.1) is 12.6 Å². The first-order chi connectivity index (χ1) is 14.0. The monoisotopic (exact) mass is 418 g/mol. The highest BCUT2D eigenvalue weighted by Crippen LogP contribution is 2.21. The summed E-state index contributed by atoms with van der Waals surface area (Å²) in [6.07, 6.45) is 3.22. The van der Waals surface area contributed by atoms with Gasteiger partial charge < -0.3 is 24.8 Å². The number of aromatic nitrogens is 1. The second-order valence-electron chi connectivity index (χ2n) is 7.88. The van der Waals surface area contributed by atoms with Gasteiger partial charge >= 0.3 is 6.03 Å². The molecule has 1 unspecified atom stereocenters. The predicted octanol–water partition coefficient (Wildman–Crippen LogP) is 3.13. The van der Waals surface area contributed by atoms with E-state index in [0.29, 0.717) is 24.7 Å². The van der Waals surface area contributed by atoms with Gasteiger partial charge in [0.1, 0.15) is 6.10 Å². The molecule has 0 saturated carbocycles. The van der Waals surface area contributed by atoms with E-state index in [9.17, 15) is 9.59 Å². The second-order valence-corrected chi connectivity index (χ2v) is 8.31. The molecule has 3 heterocycles. The van der Waals surface area contributed by atoms with Crippen LogP contribution < -0.4 is 5.32 Å². The molecule has 29 heavy (non-hydrogen) atoms. The fourth-order valence-corrected chi connectivity index (χ4v) is 4.35. The van der Waals surface area contributed by atoms with Gasteiger partial charge in [-0.25, -0.2) is 4.79 Å². The molecule has 2 aliphatic heterocycles. The Labute approximate surface area is 175 Å². The third-order valence-corrected chi connectivity index (χ3v) is 6.09. The number of amides is 3. The number of ether oxygens (including phenoxy) is 1. The fourth-order valence-electron chi connectivity index (χ4n) is 4.17. The Kier molecular flexibility index (Phi) is 5.96. The van der Waals surface area contributed by atoms with Crippen LogP contribution in [0.1, 0.15) is 31.4 Å². The first kappa shape index (κ1) is 20.0. The van der Waals surface area contributed by atoms with Crippen molar-refractivity contribution >= 4 is 34.4 Å². The molecule has 2 saturated heterocycles. The number of H-pyrrole nitrogens is 1. The van der Waals surface area contributed by atoms with Crippen LogP contribution >= 0.6 is 11.6 Å². The van der Waals surface area contributed by atoms with Gasteiger partial charge in [-0.15, -0.1) is 0 Å². The van der Waals surface area contributed by atoms with E-state index in [1.165, 1.54) is 0 Å². The highest BCUT2D eigenvalue weighted by molar-refractivity contribution is 6.31. The second kappa shape index (κ2) is 8.63. The third kappa shape index (κ3) is 4.51. The Morgan fingerprint density at radius 2 is 2.17 bits per heavy atom.